The van der Waals surface area contributed by atoms with E-state index in [2.05, 4.69) is 11.2 Å². The summed E-state index contributed by atoms with van der Waals surface area (Å²) in [5.74, 6) is 2.41. The summed E-state index contributed by atoms with van der Waals surface area (Å²) in [5, 5.41) is 10.9. The number of ether oxygens (including phenoxy) is 1. The van der Waals surface area contributed by atoms with Crippen LogP contribution >= 0.6 is 0 Å². The summed E-state index contributed by atoms with van der Waals surface area (Å²) < 4.78 is 5.23. The van der Waals surface area contributed by atoms with E-state index in [-0.39, 0.29) is 11.4 Å². The second-order valence-electron chi connectivity index (χ2n) is 3.32. The van der Waals surface area contributed by atoms with E-state index in [1.165, 1.54) is 0 Å². The normalized spacial score (nSPS) is 9.65. The molecule has 0 heterocycles. The summed E-state index contributed by atoms with van der Waals surface area (Å²) in [6.07, 6.45) is 4.12. The SMILES string of the molecule is C#Cc1cc(COCC)cc(NC(=O)O)c1N. The fourth-order valence-electron chi connectivity index (χ4n) is 1.35. The van der Waals surface area contributed by atoms with Crippen LogP contribution in [0.3, 0.4) is 0 Å². The molecule has 0 aliphatic rings. The van der Waals surface area contributed by atoms with E-state index >= 15 is 0 Å². The van der Waals surface area contributed by atoms with Crippen LogP contribution in [0.1, 0.15) is 18.1 Å². The van der Waals surface area contributed by atoms with E-state index in [0.29, 0.717) is 18.8 Å². The molecule has 0 saturated carbocycles. The van der Waals surface area contributed by atoms with Crippen molar-refractivity contribution in [3.63, 3.8) is 0 Å². The van der Waals surface area contributed by atoms with Crippen molar-refractivity contribution in [2.45, 2.75) is 13.5 Å². The number of hydrogen-bond acceptors (Lipinski definition) is 3. The van der Waals surface area contributed by atoms with Gasteiger partial charge in [-0.3, -0.25) is 5.32 Å². The molecule has 0 atom stereocenters. The number of amides is 1. The lowest BCUT2D eigenvalue weighted by Gasteiger charge is -2.10. The van der Waals surface area contributed by atoms with Gasteiger partial charge in [0.2, 0.25) is 0 Å². The molecule has 0 fully saturated rings. The lowest BCUT2D eigenvalue weighted by atomic mass is 10.1. The zero-order chi connectivity index (χ0) is 12.8. The monoisotopic (exact) mass is 234 g/mol. The Morgan fingerprint density at radius 3 is 2.88 bits per heavy atom. The largest absolute Gasteiger partial charge is 0.465 e. The standard InChI is InChI=1S/C12H14N2O3/c1-3-9-5-8(7-17-4-2)6-10(11(9)13)14-12(15)16/h1,5-6,14H,4,7,13H2,2H3,(H,15,16). The van der Waals surface area contributed by atoms with Gasteiger partial charge in [-0.2, -0.15) is 0 Å². The van der Waals surface area contributed by atoms with E-state index < -0.39 is 6.09 Å². The maximum absolute atomic E-state index is 10.6. The molecule has 0 saturated heterocycles. The van der Waals surface area contributed by atoms with Crippen LogP contribution in [0.4, 0.5) is 16.2 Å². The van der Waals surface area contributed by atoms with Crippen molar-refractivity contribution in [3.8, 4) is 12.3 Å². The molecule has 5 heteroatoms. The van der Waals surface area contributed by atoms with Crippen LogP contribution < -0.4 is 11.1 Å². The van der Waals surface area contributed by atoms with Gasteiger partial charge in [0.15, 0.2) is 0 Å². The van der Waals surface area contributed by atoms with Gasteiger partial charge in [-0.05, 0) is 24.6 Å². The Morgan fingerprint density at radius 2 is 2.35 bits per heavy atom. The van der Waals surface area contributed by atoms with E-state index in [1.807, 2.05) is 6.92 Å². The van der Waals surface area contributed by atoms with Gasteiger partial charge in [0.1, 0.15) is 0 Å². The number of carbonyl (C=O) groups is 1. The minimum absolute atomic E-state index is 0.246. The third-order valence-corrected chi connectivity index (χ3v) is 2.11. The van der Waals surface area contributed by atoms with Crippen LogP contribution in [0.25, 0.3) is 0 Å². The van der Waals surface area contributed by atoms with Gasteiger partial charge < -0.3 is 15.6 Å². The maximum Gasteiger partial charge on any atom is 0.409 e. The minimum Gasteiger partial charge on any atom is -0.465 e. The molecular weight excluding hydrogens is 220 g/mol. The number of anilines is 2. The number of nitrogen functional groups attached to an aromatic ring is 1. The number of nitrogens with one attached hydrogen (secondary N) is 1. The summed E-state index contributed by atoms with van der Waals surface area (Å²) in [4.78, 5) is 10.6. The molecule has 0 bridgehead atoms. The maximum atomic E-state index is 10.6. The molecule has 0 aromatic heterocycles. The van der Waals surface area contributed by atoms with Crippen molar-refractivity contribution >= 4 is 17.5 Å². The first-order valence-corrected chi connectivity index (χ1v) is 5.05. The fraction of sp³-hybridized carbons (Fsp3) is 0.250. The fourth-order valence-corrected chi connectivity index (χ4v) is 1.35. The number of benzene rings is 1. The number of hydrogen-bond donors (Lipinski definition) is 3. The van der Waals surface area contributed by atoms with Crippen LogP contribution in [0, 0.1) is 12.3 Å². The van der Waals surface area contributed by atoms with Crippen LogP contribution in [-0.4, -0.2) is 17.8 Å². The second-order valence-corrected chi connectivity index (χ2v) is 3.32. The minimum atomic E-state index is -1.19. The topological polar surface area (TPSA) is 84.6 Å². The Hall–Kier alpha value is -2.19. The molecule has 0 radical (unpaired) electrons. The molecule has 90 valence electrons. The average molecular weight is 234 g/mol. The highest BCUT2D eigenvalue weighted by Gasteiger charge is 2.09. The summed E-state index contributed by atoms with van der Waals surface area (Å²) in [5.41, 5.74) is 7.48. The first-order valence-electron chi connectivity index (χ1n) is 5.05. The summed E-state index contributed by atoms with van der Waals surface area (Å²) in [6, 6.07) is 3.32. The highest BCUT2D eigenvalue weighted by atomic mass is 16.5. The molecule has 4 N–H and O–H groups in total. The third-order valence-electron chi connectivity index (χ3n) is 2.11. The molecule has 1 aromatic rings. The van der Waals surface area contributed by atoms with Crippen LogP contribution in [0.2, 0.25) is 0 Å². The summed E-state index contributed by atoms with van der Waals surface area (Å²) >= 11 is 0. The molecule has 1 amide bonds. The first kappa shape index (κ1) is 12.9. The summed E-state index contributed by atoms with van der Waals surface area (Å²) in [6.45, 7) is 2.80. The van der Waals surface area contributed by atoms with Crippen molar-refractivity contribution in [2.75, 3.05) is 17.7 Å². The zero-order valence-electron chi connectivity index (χ0n) is 9.49. The van der Waals surface area contributed by atoms with E-state index in [4.69, 9.17) is 22.0 Å². The smallest absolute Gasteiger partial charge is 0.409 e. The third kappa shape index (κ3) is 3.40. The van der Waals surface area contributed by atoms with Crippen LogP contribution in [0.15, 0.2) is 12.1 Å². The average Bonchev–Trinajstić information content (AvgIpc) is 2.29. The molecular formula is C12H14N2O3. The van der Waals surface area contributed by atoms with Gasteiger partial charge in [0, 0.05) is 12.2 Å². The van der Waals surface area contributed by atoms with Gasteiger partial charge in [0.05, 0.1) is 18.0 Å². The molecule has 0 unspecified atom stereocenters. The quantitative estimate of drug-likeness (QED) is 0.548. The molecule has 0 aliphatic carbocycles. The molecule has 0 spiro atoms. The number of nitrogens with two attached hydrogens (primary N) is 1. The Balaban J connectivity index is 3.10. The molecule has 0 aliphatic heterocycles. The number of carboxylic acid groups (broad SMARTS) is 1. The lowest BCUT2D eigenvalue weighted by Crippen LogP contribution is -2.11. The second kappa shape index (κ2) is 5.77. The number of terminal acetylenes is 1. The molecule has 5 nitrogen and oxygen atoms in total. The van der Waals surface area contributed by atoms with E-state index in [0.717, 1.165) is 5.56 Å². The van der Waals surface area contributed by atoms with E-state index in [9.17, 15) is 4.79 Å². The van der Waals surface area contributed by atoms with Gasteiger partial charge in [-0.15, -0.1) is 6.42 Å². The van der Waals surface area contributed by atoms with E-state index in [1.54, 1.807) is 12.1 Å². The summed E-state index contributed by atoms with van der Waals surface area (Å²) in [7, 11) is 0. The highest BCUT2D eigenvalue weighted by Crippen LogP contribution is 2.25. The van der Waals surface area contributed by atoms with Crippen molar-refractivity contribution in [1.82, 2.24) is 0 Å². The van der Waals surface area contributed by atoms with Crippen molar-refractivity contribution < 1.29 is 14.6 Å². The molecule has 17 heavy (non-hydrogen) atoms. The zero-order valence-corrected chi connectivity index (χ0v) is 9.49. The lowest BCUT2D eigenvalue weighted by molar-refractivity contribution is 0.134. The van der Waals surface area contributed by atoms with Crippen molar-refractivity contribution in [3.05, 3.63) is 23.3 Å². The van der Waals surface area contributed by atoms with Crippen LogP contribution in [0.5, 0.6) is 0 Å². The predicted molar refractivity (Wildman–Crippen MR) is 65.8 cm³/mol. The molecule has 1 rings (SSSR count). The highest BCUT2D eigenvalue weighted by molar-refractivity contribution is 5.89. The Labute approximate surface area is 99.6 Å². The van der Waals surface area contributed by atoms with Crippen molar-refractivity contribution in [2.24, 2.45) is 0 Å². The number of rotatable bonds is 4. The predicted octanol–water partition coefficient (Wildman–Crippen LogP) is 1.88. The van der Waals surface area contributed by atoms with Gasteiger partial charge in [0.25, 0.3) is 0 Å². The van der Waals surface area contributed by atoms with Gasteiger partial charge >= 0.3 is 6.09 Å². The van der Waals surface area contributed by atoms with Gasteiger partial charge in [-0.25, -0.2) is 4.79 Å². The Morgan fingerprint density at radius 1 is 1.65 bits per heavy atom. The molecule has 1 aromatic carbocycles. The first-order chi connectivity index (χ1) is 8.08. The van der Waals surface area contributed by atoms with Crippen LogP contribution in [-0.2, 0) is 11.3 Å². The Kier molecular flexibility index (Phi) is 4.37. The van der Waals surface area contributed by atoms with Crippen molar-refractivity contribution in [1.29, 1.82) is 0 Å². The van der Waals surface area contributed by atoms with Gasteiger partial charge in [-0.1, -0.05) is 5.92 Å². The Bertz CT molecular complexity index is 464.